The number of carbonyl (C=O) groups is 1. The molecule has 1 aromatic carbocycles. The Morgan fingerprint density at radius 2 is 1.94 bits per heavy atom. The molecule has 0 aliphatic heterocycles. The van der Waals surface area contributed by atoms with Crippen molar-refractivity contribution in [1.82, 2.24) is 0 Å². The number of nitrogens with two attached hydrogens (primary N) is 1. The van der Waals surface area contributed by atoms with Gasteiger partial charge in [-0.25, -0.2) is 4.79 Å². The second kappa shape index (κ2) is 7.51. The summed E-state index contributed by atoms with van der Waals surface area (Å²) in [6, 6.07) is 6.82. The minimum absolute atomic E-state index is 0.100. The molecule has 17 heavy (non-hydrogen) atoms. The van der Waals surface area contributed by atoms with E-state index in [0.29, 0.717) is 31.1 Å². The number of hydrogen-bond donors (Lipinski definition) is 1. The van der Waals surface area contributed by atoms with E-state index in [4.69, 9.17) is 19.9 Å². The number of methoxy groups -OCH3 is 1. The van der Waals surface area contributed by atoms with Crippen molar-refractivity contribution in [3.63, 3.8) is 0 Å². The van der Waals surface area contributed by atoms with Crippen molar-refractivity contribution in [3.05, 3.63) is 24.3 Å². The molecule has 0 aliphatic rings. The van der Waals surface area contributed by atoms with E-state index >= 15 is 0 Å². The summed E-state index contributed by atoms with van der Waals surface area (Å²) in [5, 5.41) is 0. The van der Waals surface area contributed by atoms with Gasteiger partial charge in [-0.15, -0.1) is 0 Å². The molecule has 1 aromatic rings. The van der Waals surface area contributed by atoms with Gasteiger partial charge in [-0.3, -0.25) is 0 Å². The van der Waals surface area contributed by atoms with E-state index in [0.717, 1.165) is 0 Å². The van der Waals surface area contributed by atoms with Crippen LogP contribution in [0.5, 0.6) is 5.75 Å². The van der Waals surface area contributed by atoms with E-state index in [-0.39, 0.29) is 6.61 Å². The summed E-state index contributed by atoms with van der Waals surface area (Å²) in [5.41, 5.74) is 6.17. The SMILES string of the molecule is COCCCOC(=O)COc1ccc(N)cc1. The topological polar surface area (TPSA) is 70.8 Å². The molecule has 0 heterocycles. The molecule has 0 atom stereocenters. The van der Waals surface area contributed by atoms with Gasteiger partial charge in [0.1, 0.15) is 5.75 Å². The summed E-state index contributed by atoms with van der Waals surface area (Å²) in [6.07, 6.45) is 0.685. The van der Waals surface area contributed by atoms with Crippen molar-refractivity contribution in [2.45, 2.75) is 6.42 Å². The average Bonchev–Trinajstić information content (AvgIpc) is 2.34. The average molecular weight is 239 g/mol. The first-order valence-electron chi connectivity index (χ1n) is 5.35. The van der Waals surface area contributed by atoms with Crippen LogP contribution in [0.15, 0.2) is 24.3 Å². The fourth-order valence-electron chi connectivity index (χ4n) is 1.14. The normalized spacial score (nSPS) is 9.94. The molecule has 0 amide bonds. The fraction of sp³-hybridized carbons (Fsp3) is 0.417. The van der Waals surface area contributed by atoms with Crippen LogP contribution < -0.4 is 10.5 Å². The molecule has 94 valence electrons. The summed E-state index contributed by atoms with van der Waals surface area (Å²) in [4.78, 5) is 11.2. The minimum Gasteiger partial charge on any atom is -0.482 e. The summed E-state index contributed by atoms with van der Waals surface area (Å²) in [5.74, 6) is 0.200. The van der Waals surface area contributed by atoms with Gasteiger partial charge in [-0.1, -0.05) is 0 Å². The molecule has 5 nitrogen and oxygen atoms in total. The Morgan fingerprint density at radius 1 is 1.24 bits per heavy atom. The highest BCUT2D eigenvalue weighted by atomic mass is 16.6. The molecule has 0 spiro atoms. The first-order chi connectivity index (χ1) is 8.22. The van der Waals surface area contributed by atoms with Gasteiger partial charge < -0.3 is 19.9 Å². The van der Waals surface area contributed by atoms with Crippen LogP contribution >= 0.6 is 0 Å². The maximum atomic E-state index is 11.2. The van der Waals surface area contributed by atoms with Crippen molar-refractivity contribution in [2.24, 2.45) is 0 Å². The zero-order chi connectivity index (χ0) is 12.5. The van der Waals surface area contributed by atoms with E-state index in [2.05, 4.69) is 0 Å². The lowest BCUT2D eigenvalue weighted by Gasteiger charge is -2.06. The Bertz CT molecular complexity index is 337. The first kappa shape index (κ1) is 13.3. The third-order valence-corrected chi connectivity index (χ3v) is 1.99. The molecule has 5 heteroatoms. The molecule has 0 radical (unpaired) electrons. The van der Waals surface area contributed by atoms with Crippen LogP contribution in [0.25, 0.3) is 0 Å². The molecule has 0 bridgehead atoms. The van der Waals surface area contributed by atoms with E-state index in [9.17, 15) is 4.79 Å². The summed E-state index contributed by atoms with van der Waals surface area (Å²) in [7, 11) is 1.60. The van der Waals surface area contributed by atoms with E-state index in [1.807, 2.05) is 0 Å². The summed E-state index contributed by atoms with van der Waals surface area (Å²) < 4.78 is 15.0. The van der Waals surface area contributed by atoms with E-state index in [1.165, 1.54) is 0 Å². The van der Waals surface area contributed by atoms with Crippen LogP contribution in [0, 0.1) is 0 Å². The van der Waals surface area contributed by atoms with Crippen molar-refractivity contribution < 1.29 is 19.0 Å². The third-order valence-electron chi connectivity index (χ3n) is 1.99. The van der Waals surface area contributed by atoms with Gasteiger partial charge >= 0.3 is 5.97 Å². The second-order valence-electron chi connectivity index (χ2n) is 3.42. The Balaban J connectivity index is 2.17. The monoisotopic (exact) mass is 239 g/mol. The van der Waals surface area contributed by atoms with E-state index < -0.39 is 5.97 Å². The van der Waals surface area contributed by atoms with Gasteiger partial charge in [-0.05, 0) is 24.3 Å². The number of esters is 1. The van der Waals surface area contributed by atoms with Crippen molar-refractivity contribution >= 4 is 11.7 Å². The van der Waals surface area contributed by atoms with Gasteiger partial charge in [0, 0.05) is 25.8 Å². The van der Waals surface area contributed by atoms with Crippen molar-refractivity contribution in [3.8, 4) is 5.75 Å². The Hall–Kier alpha value is -1.75. The highest BCUT2D eigenvalue weighted by Gasteiger charge is 2.03. The summed E-state index contributed by atoms with van der Waals surface area (Å²) in [6.45, 7) is 0.820. The molecule has 0 aliphatic carbocycles. The smallest absolute Gasteiger partial charge is 0.344 e. The Kier molecular flexibility index (Phi) is 5.88. The molecule has 0 fully saturated rings. The number of benzene rings is 1. The molecular formula is C12H17NO4. The Labute approximate surface area is 100 Å². The molecule has 0 unspecified atom stereocenters. The van der Waals surface area contributed by atoms with Gasteiger partial charge in [0.2, 0.25) is 0 Å². The van der Waals surface area contributed by atoms with Gasteiger partial charge in [0.05, 0.1) is 6.61 Å². The lowest BCUT2D eigenvalue weighted by atomic mass is 10.3. The number of ether oxygens (including phenoxy) is 3. The second-order valence-corrected chi connectivity index (χ2v) is 3.42. The van der Waals surface area contributed by atoms with Crippen LogP contribution in [-0.2, 0) is 14.3 Å². The standard InChI is InChI=1S/C12H17NO4/c1-15-7-2-8-16-12(14)9-17-11-5-3-10(13)4-6-11/h3-6H,2,7-9,13H2,1H3. The molecular weight excluding hydrogens is 222 g/mol. The molecule has 2 N–H and O–H groups in total. The van der Waals surface area contributed by atoms with Crippen LogP contribution in [0.1, 0.15) is 6.42 Å². The van der Waals surface area contributed by atoms with Crippen LogP contribution in [0.2, 0.25) is 0 Å². The largest absolute Gasteiger partial charge is 0.482 e. The Morgan fingerprint density at radius 3 is 2.59 bits per heavy atom. The lowest BCUT2D eigenvalue weighted by molar-refractivity contribution is -0.146. The predicted molar refractivity (Wildman–Crippen MR) is 63.8 cm³/mol. The highest BCUT2D eigenvalue weighted by molar-refractivity contribution is 5.71. The van der Waals surface area contributed by atoms with Gasteiger partial charge in [0.25, 0.3) is 0 Å². The van der Waals surface area contributed by atoms with Gasteiger partial charge in [0.15, 0.2) is 6.61 Å². The fourth-order valence-corrected chi connectivity index (χ4v) is 1.14. The maximum Gasteiger partial charge on any atom is 0.344 e. The molecule has 0 aromatic heterocycles. The predicted octanol–water partition coefficient (Wildman–Crippen LogP) is 1.23. The summed E-state index contributed by atoms with van der Waals surface area (Å²) >= 11 is 0. The van der Waals surface area contributed by atoms with Crippen LogP contribution in [-0.4, -0.2) is 32.9 Å². The third kappa shape index (κ3) is 5.77. The minimum atomic E-state index is -0.391. The highest BCUT2D eigenvalue weighted by Crippen LogP contribution is 2.12. The molecule has 0 saturated heterocycles. The maximum absolute atomic E-state index is 11.2. The number of hydrogen-bond acceptors (Lipinski definition) is 5. The quantitative estimate of drug-likeness (QED) is 0.440. The first-order valence-corrected chi connectivity index (χ1v) is 5.35. The zero-order valence-corrected chi connectivity index (χ0v) is 9.85. The molecule has 1 rings (SSSR count). The number of nitrogen functional groups attached to an aromatic ring is 1. The van der Waals surface area contributed by atoms with Crippen LogP contribution in [0.4, 0.5) is 5.69 Å². The van der Waals surface area contributed by atoms with E-state index in [1.54, 1.807) is 31.4 Å². The lowest BCUT2D eigenvalue weighted by Crippen LogP contribution is -2.16. The van der Waals surface area contributed by atoms with Crippen LogP contribution in [0.3, 0.4) is 0 Å². The van der Waals surface area contributed by atoms with Crippen molar-refractivity contribution in [2.75, 3.05) is 32.7 Å². The zero-order valence-electron chi connectivity index (χ0n) is 9.85. The van der Waals surface area contributed by atoms with Gasteiger partial charge in [-0.2, -0.15) is 0 Å². The number of anilines is 1. The number of carbonyl (C=O) groups excluding carboxylic acids is 1. The number of rotatable bonds is 7. The molecule has 0 saturated carbocycles. The van der Waals surface area contributed by atoms with Crippen molar-refractivity contribution in [1.29, 1.82) is 0 Å².